The molecule has 0 bridgehead atoms. The van der Waals surface area contributed by atoms with Crippen molar-refractivity contribution < 1.29 is 19.1 Å². The zero-order chi connectivity index (χ0) is 22.9. The third-order valence-electron chi connectivity index (χ3n) is 5.70. The molecule has 0 saturated carbocycles. The Kier molecular flexibility index (Phi) is 5.40. The van der Waals surface area contributed by atoms with E-state index in [0.717, 1.165) is 33.0 Å². The number of ether oxygens (including phenoxy) is 2. The van der Waals surface area contributed by atoms with Gasteiger partial charge >= 0.3 is 11.9 Å². The predicted molar refractivity (Wildman–Crippen MR) is 133 cm³/mol. The van der Waals surface area contributed by atoms with Crippen LogP contribution >= 0.6 is 11.3 Å². The molecule has 0 aliphatic carbocycles. The highest BCUT2D eigenvalue weighted by molar-refractivity contribution is 7.25. The Morgan fingerprint density at radius 2 is 1.00 bits per heavy atom. The lowest BCUT2D eigenvalue weighted by atomic mass is 9.98. The van der Waals surface area contributed by atoms with Crippen molar-refractivity contribution in [3.8, 4) is 22.3 Å². The summed E-state index contributed by atoms with van der Waals surface area (Å²) >= 11 is 1.74. The molecule has 5 aromatic rings. The van der Waals surface area contributed by atoms with Crippen LogP contribution in [0, 0.1) is 0 Å². The molecule has 0 atom stereocenters. The van der Waals surface area contributed by atoms with E-state index in [9.17, 15) is 9.59 Å². The van der Waals surface area contributed by atoms with Crippen molar-refractivity contribution in [1.82, 2.24) is 0 Å². The van der Waals surface area contributed by atoms with Crippen molar-refractivity contribution in [2.24, 2.45) is 0 Å². The summed E-state index contributed by atoms with van der Waals surface area (Å²) in [4.78, 5) is 23.9. The summed E-state index contributed by atoms with van der Waals surface area (Å²) in [7, 11) is 2.77. The van der Waals surface area contributed by atoms with E-state index in [1.54, 1.807) is 23.5 Å². The number of rotatable bonds is 4. The highest BCUT2D eigenvalue weighted by atomic mass is 32.1. The molecule has 0 spiro atoms. The third-order valence-corrected chi connectivity index (χ3v) is 6.86. The summed E-state index contributed by atoms with van der Waals surface area (Å²) in [5.41, 5.74) is 5.04. The van der Waals surface area contributed by atoms with Gasteiger partial charge in [0.15, 0.2) is 0 Å². The molecule has 0 saturated heterocycles. The zero-order valence-electron chi connectivity index (χ0n) is 18.1. The largest absolute Gasteiger partial charge is 0.465 e. The van der Waals surface area contributed by atoms with Gasteiger partial charge in [0.1, 0.15) is 0 Å². The van der Waals surface area contributed by atoms with Crippen LogP contribution < -0.4 is 0 Å². The Bertz CT molecular complexity index is 1420. The maximum Gasteiger partial charge on any atom is 0.337 e. The fraction of sp³-hybridized carbons (Fsp3) is 0.0714. The molecular formula is C28H20O4S. The van der Waals surface area contributed by atoms with Gasteiger partial charge in [-0.1, -0.05) is 36.4 Å². The van der Waals surface area contributed by atoms with Gasteiger partial charge in [-0.3, -0.25) is 0 Å². The lowest BCUT2D eigenvalue weighted by Gasteiger charge is -2.06. The first-order chi connectivity index (χ1) is 16.1. The monoisotopic (exact) mass is 452 g/mol. The number of esters is 2. The molecule has 1 aromatic heterocycles. The topological polar surface area (TPSA) is 52.6 Å². The molecule has 0 unspecified atom stereocenters. The minimum atomic E-state index is -0.349. The van der Waals surface area contributed by atoms with E-state index in [0.29, 0.717) is 11.1 Å². The number of carbonyl (C=O) groups is 2. The maximum atomic E-state index is 12.0. The molecule has 4 aromatic carbocycles. The lowest BCUT2D eigenvalue weighted by molar-refractivity contribution is 0.0592. The lowest BCUT2D eigenvalue weighted by Crippen LogP contribution is -2.00. The normalized spacial score (nSPS) is 11.0. The van der Waals surface area contributed by atoms with Gasteiger partial charge in [-0.25, -0.2) is 9.59 Å². The summed E-state index contributed by atoms with van der Waals surface area (Å²) in [5.74, 6) is -0.699. The van der Waals surface area contributed by atoms with Gasteiger partial charge in [0.2, 0.25) is 0 Å². The van der Waals surface area contributed by atoms with Gasteiger partial charge in [0.05, 0.1) is 25.3 Å². The predicted octanol–water partition coefficient (Wildman–Crippen LogP) is 6.96. The van der Waals surface area contributed by atoms with Crippen LogP contribution in [-0.4, -0.2) is 26.2 Å². The molecule has 5 heteroatoms. The van der Waals surface area contributed by atoms with Crippen molar-refractivity contribution in [1.29, 1.82) is 0 Å². The standard InChI is InChI=1S/C28H20O4S/c1-31-27(29)21-7-3-5-17(13-21)19-9-11-25-23(15-19)24-16-20(10-12-26(24)33-25)18-6-4-8-22(14-18)28(30)32-2/h3-16H,1-2H3. The number of fused-ring (bicyclic) bond motifs is 3. The summed E-state index contributed by atoms with van der Waals surface area (Å²) in [6.07, 6.45) is 0. The first-order valence-electron chi connectivity index (χ1n) is 10.4. The smallest absolute Gasteiger partial charge is 0.337 e. The highest BCUT2D eigenvalue weighted by Crippen LogP contribution is 2.38. The first kappa shape index (κ1) is 20.9. The van der Waals surface area contributed by atoms with Crippen LogP contribution in [0.4, 0.5) is 0 Å². The van der Waals surface area contributed by atoms with Crippen LogP contribution in [-0.2, 0) is 9.47 Å². The molecule has 162 valence electrons. The second-order valence-electron chi connectivity index (χ2n) is 7.67. The van der Waals surface area contributed by atoms with E-state index >= 15 is 0 Å². The Hall–Kier alpha value is -3.96. The Labute approximate surface area is 195 Å². The van der Waals surface area contributed by atoms with E-state index in [-0.39, 0.29) is 11.9 Å². The van der Waals surface area contributed by atoms with E-state index in [1.165, 1.54) is 23.6 Å². The van der Waals surface area contributed by atoms with Crippen LogP contribution in [0.2, 0.25) is 0 Å². The maximum absolute atomic E-state index is 12.0. The minimum Gasteiger partial charge on any atom is -0.465 e. The van der Waals surface area contributed by atoms with E-state index < -0.39 is 0 Å². The number of benzene rings is 4. The molecule has 1 heterocycles. The summed E-state index contributed by atoms with van der Waals surface area (Å²) in [6.45, 7) is 0. The van der Waals surface area contributed by atoms with Crippen molar-refractivity contribution in [2.75, 3.05) is 14.2 Å². The zero-order valence-corrected chi connectivity index (χ0v) is 18.9. The van der Waals surface area contributed by atoms with Crippen molar-refractivity contribution >= 4 is 43.4 Å². The average molecular weight is 453 g/mol. The quantitative estimate of drug-likeness (QED) is 0.277. The van der Waals surface area contributed by atoms with Gasteiger partial charge in [0, 0.05) is 20.2 Å². The number of carbonyl (C=O) groups excluding carboxylic acids is 2. The van der Waals surface area contributed by atoms with Crippen molar-refractivity contribution in [3.05, 3.63) is 96.1 Å². The van der Waals surface area contributed by atoms with Gasteiger partial charge in [-0.05, 0) is 70.8 Å². The van der Waals surface area contributed by atoms with Crippen molar-refractivity contribution in [2.45, 2.75) is 0 Å². The van der Waals surface area contributed by atoms with Gasteiger partial charge in [-0.2, -0.15) is 0 Å². The Morgan fingerprint density at radius 3 is 1.42 bits per heavy atom. The van der Waals surface area contributed by atoms with Gasteiger partial charge in [0.25, 0.3) is 0 Å². The highest BCUT2D eigenvalue weighted by Gasteiger charge is 2.12. The Morgan fingerprint density at radius 1 is 0.576 bits per heavy atom. The molecular weight excluding hydrogens is 432 g/mol. The molecule has 5 rings (SSSR count). The molecule has 0 fully saturated rings. The fourth-order valence-electron chi connectivity index (χ4n) is 4.02. The van der Waals surface area contributed by atoms with E-state index in [1.807, 2.05) is 36.4 Å². The first-order valence-corrected chi connectivity index (χ1v) is 11.2. The number of methoxy groups -OCH3 is 2. The second kappa shape index (κ2) is 8.52. The van der Waals surface area contributed by atoms with E-state index in [2.05, 4.69) is 36.4 Å². The number of hydrogen-bond donors (Lipinski definition) is 0. The van der Waals surface area contributed by atoms with Crippen LogP contribution in [0.5, 0.6) is 0 Å². The van der Waals surface area contributed by atoms with Crippen LogP contribution in [0.15, 0.2) is 84.9 Å². The number of hydrogen-bond acceptors (Lipinski definition) is 5. The van der Waals surface area contributed by atoms with Gasteiger partial charge < -0.3 is 9.47 Å². The number of thiophene rings is 1. The summed E-state index contributed by atoms with van der Waals surface area (Å²) < 4.78 is 12.1. The molecule has 0 aliphatic rings. The molecule has 0 N–H and O–H groups in total. The van der Waals surface area contributed by atoms with Crippen LogP contribution in [0.1, 0.15) is 20.7 Å². The molecule has 0 aliphatic heterocycles. The van der Waals surface area contributed by atoms with Gasteiger partial charge in [-0.15, -0.1) is 11.3 Å². The van der Waals surface area contributed by atoms with Crippen molar-refractivity contribution in [3.63, 3.8) is 0 Å². The molecule has 0 radical (unpaired) electrons. The van der Waals surface area contributed by atoms with E-state index in [4.69, 9.17) is 9.47 Å². The molecule has 33 heavy (non-hydrogen) atoms. The third kappa shape index (κ3) is 3.88. The Balaban J connectivity index is 1.62. The summed E-state index contributed by atoms with van der Waals surface area (Å²) in [5, 5.41) is 2.31. The second-order valence-corrected chi connectivity index (χ2v) is 8.75. The minimum absolute atomic E-state index is 0.349. The summed E-state index contributed by atoms with van der Waals surface area (Å²) in [6, 6.07) is 27.7. The fourth-order valence-corrected chi connectivity index (χ4v) is 5.09. The molecule has 4 nitrogen and oxygen atoms in total. The average Bonchev–Trinajstić information content (AvgIpc) is 3.25. The SMILES string of the molecule is COC(=O)c1cccc(-c2ccc3sc4ccc(-c5cccc(C(=O)OC)c5)cc4c3c2)c1. The van der Waals surface area contributed by atoms with Crippen LogP contribution in [0.3, 0.4) is 0 Å². The molecule has 0 amide bonds. The van der Waals surface area contributed by atoms with Crippen LogP contribution in [0.25, 0.3) is 42.4 Å².